The third kappa shape index (κ3) is 3.65. The van der Waals surface area contributed by atoms with Crippen molar-refractivity contribution in [1.82, 2.24) is 0 Å². The van der Waals surface area contributed by atoms with Gasteiger partial charge in [0.05, 0.1) is 12.2 Å². The van der Waals surface area contributed by atoms with E-state index in [4.69, 9.17) is 0 Å². The van der Waals surface area contributed by atoms with E-state index in [1.165, 1.54) is 37.7 Å². The van der Waals surface area contributed by atoms with Gasteiger partial charge in [-0.05, 0) is 91.3 Å². The van der Waals surface area contributed by atoms with Gasteiger partial charge in [0.25, 0.3) is 0 Å². The maximum atomic E-state index is 11.3. The largest absolute Gasteiger partial charge is 0.393 e. The molecule has 4 rings (SSSR count). The molecule has 2 N–H and O–H groups in total. The van der Waals surface area contributed by atoms with Crippen LogP contribution in [0, 0.1) is 46.3 Å². The first-order valence-corrected chi connectivity index (χ1v) is 12.7. The van der Waals surface area contributed by atoms with Crippen LogP contribution in [0.1, 0.15) is 98.8 Å². The Balaban J connectivity index is 1.54. The van der Waals surface area contributed by atoms with Gasteiger partial charge >= 0.3 is 0 Å². The summed E-state index contributed by atoms with van der Waals surface area (Å²) in [5, 5.41) is 21.5. The summed E-state index contributed by atoms with van der Waals surface area (Å²) in [4.78, 5) is 0. The summed E-state index contributed by atoms with van der Waals surface area (Å²) < 4.78 is 0. The minimum atomic E-state index is -0.132. The molecule has 0 radical (unpaired) electrons. The fourth-order valence-electron chi connectivity index (χ4n) is 8.69. The van der Waals surface area contributed by atoms with Gasteiger partial charge in [-0.15, -0.1) is 0 Å². The maximum absolute atomic E-state index is 11.3. The van der Waals surface area contributed by atoms with E-state index < -0.39 is 0 Å². The molecular formula is C27H46O2. The summed E-state index contributed by atoms with van der Waals surface area (Å²) in [5.74, 6) is 4.03. The quantitative estimate of drug-likeness (QED) is 0.525. The van der Waals surface area contributed by atoms with Crippen LogP contribution < -0.4 is 0 Å². The van der Waals surface area contributed by atoms with Crippen molar-refractivity contribution < 1.29 is 10.2 Å². The van der Waals surface area contributed by atoms with Crippen molar-refractivity contribution in [2.75, 3.05) is 0 Å². The van der Waals surface area contributed by atoms with Crippen LogP contribution in [0.2, 0.25) is 0 Å². The molecule has 0 unspecified atom stereocenters. The van der Waals surface area contributed by atoms with Crippen LogP contribution in [0.5, 0.6) is 0 Å². The summed E-state index contributed by atoms with van der Waals surface area (Å²) >= 11 is 0. The fourth-order valence-corrected chi connectivity index (χ4v) is 8.69. The van der Waals surface area contributed by atoms with E-state index in [0.717, 1.165) is 43.9 Å². The molecule has 2 heteroatoms. The lowest BCUT2D eigenvalue weighted by Crippen LogP contribution is -2.52. The van der Waals surface area contributed by atoms with Crippen molar-refractivity contribution in [2.24, 2.45) is 46.3 Å². The Hall–Kier alpha value is -0.340. The van der Waals surface area contributed by atoms with E-state index in [9.17, 15) is 10.2 Å². The van der Waals surface area contributed by atoms with Crippen LogP contribution in [0.4, 0.5) is 0 Å². The lowest BCUT2D eigenvalue weighted by atomic mass is 9.46. The van der Waals surface area contributed by atoms with Crippen LogP contribution in [0.3, 0.4) is 0 Å². The van der Waals surface area contributed by atoms with E-state index in [1.807, 2.05) is 0 Å². The Morgan fingerprint density at radius 3 is 2.55 bits per heavy atom. The van der Waals surface area contributed by atoms with Gasteiger partial charge in [-0.2, -0.15) is 0 Å². The van der Waals surface area contributed by atoms with Gasteiger partial charge in [0.1, 0.15) is 0 Å². The molecule has 0 bridgehead atoms. The van der Waals surface area contributed by atoms with Gasteiger partial charge in [-0.3, -0.25) is 0 Å². The average molecular weight is 403 g/mol. The van der Waals surface area contributed by atoms with Gasteiger partial charge in [0.2, 0.25) is 0 Å². The highest BCUT2D eigenvalue weighted by Crippen LogP contribution is 2.67. The summed E-state index contributed by atoms with van der Waals surface area (Å²) in [6, 6.07) is 0. The Kier molecular flexibility index (Phi) is 6.01. The topological polar surface area (TPSA) is 40.5 Å². The number of hydrogen-bond donors (Lipinski definition) is 2. The Labute approximate surface area is 179 Å². The summed E-state index contributed by atoms with van der Waals surface area (Å²) in [6.07, 6.45) is 14.0. The highest BCUT2D eigenvalue weighted by Gasteiger charge is 2.61. The van der Waals surface area contributed by atoms with E-state index in [1.54, 1.807) is 0 Å². The van der Waals surface area contributed by atoms with Crippen LogP contribution in [-0.2, 0) is 0 Å². The average Bonchev–Trinajstić information content (AvgIpc) is 2.93. The summed E-state index contributed by atoms with van der Waals surface area (Å²) in [7, 11) is 0. The van der Waals surface area contributed by atoms with Gasteiger partial charge in [0, 0.05) is 0 Å². The van der Waals surface area contributed by atoms with E-state index in [-0.39, 0.29) is 17.6 Å². The molecule has 2 nitrogen and oxygen atoms in total. The molecule has 0 amide bonds. The molecule has 4 aliphatic carbocycles. The molecule has 4 aliphatic rings. The molecule has 0 heterocycles. The molecular weight excluding hydrogens is 356 g/mol. The predicted molar refractivity (Wildman–Crippen MR) is 120 cm³/mol. The lowest BCUT2D eigenvalue weighted by molar-refractivity contribution is -0.0816. The minimum Gasteiger partial charge on any atom is -0.393 e. The molecule has 0 aromatic heterocycles. The predicted octanol–water partition coefficient (Wildman–Crippen LogP) is 6.36. The third-order valence-corrected chi connectivity index (χ3v) is 10.3. The summed E-state index contributed by atoms with van der Waals surface area (Å²) in [6.45, 7) is 12.2. The highest BCUT2D eigenvalue weighted by atomic mass is 16.3. The Bertz CT molecular complexity index is 624. The van der Waals surface area contributed by atoms with Crippen LogP contribution >= 0.6 is 0 Å². The fraction of sp³-hybridized carbons (Fsp3) is 0.926. The molecule has 0 saturated heterocycles. The molecule has 3 fully saturated rings. The van der Waals surface area contributed by atoms with Crippen molar-refractivity contribution in [3.8, 4) is 0 Å². The molecule has 0 aliphatic heterocycles. The van der Waals surface area contributed by atoms with Gasteiger partial charge in [-0.25, -0.2) is 0 Å². The molecule has 0 aromatic carbocycles. The van der Waals surface area contributed by atoms with Crippen LogP contribution in [0.25, 0.3) is 0 Å². The second-order valence-electron chi connectivity index (χ2n) is 12.3. The first-order valence-electron chi connectivity index (χ1n) is 12.7. The second kappa shape index (κ2) is 7.97. The van der Waals surface area contributed by atoms with Gasteiger partial charge < -0.3 is 10.2 Å². The van der Waals surface area contributed by atoms with Crippen molar-refractivity contribution in [1.29, 1.82) is 0 Å². The number of aliphatic hydroxyl groups is 2. The van der Waals surface area contributed by atoms with Crippen LogP contribution in [0.15, 0.2) is 11.6 Å². The Morgan fingerprint density at radius 1 is 1.07 bits per heavy atom. The number of hydrogen-bond acceptors (Lipinski definition) is 2. The second-order valence-corrected chi connectivity index (χ2v) is 12.3. The molecule has 166 valence electrons. The maximum Gasteiger partial charge on any atom is 0.0579 e. The number of rotatable bonds is 5. The standard InChI is InChI=1S/C27H46O2/c1-17(2)7-6-8-18(3)23-16-24(29)25-21-10-9-19-15-20(28)11-13-26(19,4)22(21)12-14-27(23,25)5/h9,17-18,20-25,28-29H,6-8,10-16H2,1-5H3/t18-,20+,21-,22+,23-,24-,25-,26+,27-/m1/s1. The Morgan fingerprint density at radius 2 is 1.83 bits per heavy atom. The smallest absolute Gasteiger partial charge is 0.0579 e. The van der Waals surface area contributed by atoms with E-state index in [2.05, 4.69) is 40.7 Å². The van der Waals surface area contributed by atoms with Crippen molar-refractivity contribution in [2.45, 2.75) is 111 Å². The normalized spacial score (nSPS) is 47.9. The van der Waals surface area contributed by atoms with Crippen LogP contribution in [-0.4, -0.2) is 22.4 Å². The summed E-state index contributed by atoms with van der Waals surface area (Å²) in [5.41, 5.74) is 2.12. The van der Waals surface area contributed by atoms with E-state index in [0.29, 0.717) is 29.1 Å². The SMILES string of the molecule is CC(C)CCC[C@@H](C)[C@H]1C[C@@H](O)[C@H]2[C@@H]3CC=C4C[C@@H](O)CC[C@]4(C)[C@H]3CC[C@@]21C. The monoisotopic (exact) mass is 402 g/mol. The lowest BCUT2D eigenvalue weighted by Gasteiger charge is -2.58. The van der Waals surface area contributed by atoms with Gasteiger partial charge in [-0.1, -0.05) is 65.5 Å². The molecule has 0 aromatic rings. The zero-order chi connectivity index (χ0) is 21.0. The molecule has 9 atom stereocenters. The highest BCUT2D eigenvalue weighted by molar-refractivity contribution is 5.26. The third-order valence-electron chi connectivity index (χ3n) is 10.3. The molecule has 29 heavy (non-hydrogen) atoms. The molecule has 0 spiro atoms. The number of fused-ring (bicyclic) bond motifs is 5. The zero-order valence-corrected chi connectivity index (χ0v) is 19.7. The number of allylic oxidation sites excluding steroid dienone is 1. The van der Waals surface area contributed by atoms with E-state index >= 15 is 0 Å². The first-order chi connectivity index (χ1) is 13.7. The van der Waals surface area contributed by atoms with Crippen molar-refractivity contribution >= 4 is 0 Å². The molecule has 3 saturated carbocycles. The first kappa shape index (κ1) is 21.9. The number of aliphatic hydroxyl groups excluding tert-OH is 2. The van der Waals surface area contributed by atoms with Crippen molar-refractivity contribution in [3.05, 3.63) is 11.6 Å². The van der Waals surface area contributed by atoms with Gasteiger partial charge in [0.15, 0.2) is 0 Å². The minimum absolute atomic E-state index is 0.113. The van der Waals surface area contributed by atoms with Crippen molar-refractivity contribution in [3.63, 3.8) is 0 Å². The zero-order valence-electron chi connectivity index (χ0n) is 19.7.